The van der Waals surface area contributed by atoms with Crippen LogP contribution in [0.15, 0.2) is 54.6 Å². The number of carbonyl (C=O) groups excluding carboxylic acids is 2. The second kappa shape index (κ2) is 12.7. The van der Waals surface area contributed by atoms with Crippen molar-refractivity contribution in [3.8, 4) is 5.75 Å². The zero-order valence-corrected chi connectivity index (χ0v) is 23.2. The number of rotatable bonds is 2. The Morgan fingerprint density at radius 1 is 0.974 bits per heavy atom. The molecule has 0 aliphatic carbocycles. The van der Waals surface area contributed by atoms with Crippen LogP contribution in [0.4, 0.5) is 4.79 Å². The van der Waals surface area contributed by atoms with Crippen molar-refractivity contribution in [3.63, 3.8) is 0 Å². The van der Waals surface area contributed by atoms with Crippen LogP contribution in [0.3, 0.4) is 0 Å². The van der Waals surface area contributed by atoms with E-state index in [1.165, 1.54) is 0 Å². The number of ether oxygens (including phenoxy) is 2. The van der Waals surface area contributed by atoms with Crippen LogP contribution in [-0.2, 0) is 11.3 Å². The lowest BCUT2D eigenvalue weighted by Gasteiger charge is -2.45. The van der Waals surface area contributed by atoms with E-state index in [1.54, 1.807) is 0 Å². The molecular formula is C31H43N3O4. The van der Waals surface area contributed by atoms with Gasteiger partial charge in [0.2, 0.25) is 0 Å². The number of fused-ring (bicyclic) bond motifs is 1. The summed E-state index contributed by atoms with van der Waals surface area (Å²) in [5, 5.41) is 3.61. The number of hydrogen-bond donors (Lipinski definition) is 1. The summed E-state index contributed by atoms with van der Waals surface area (Å²) in [6, 6.07) is 17.8. The van der Waals surface area contributed by atoms with E-state index in [4.69, 9.17) is 9.47 Å². The Hall–Kier alpha value is -3.06. The molecule has 0 radical (unpaired) electrons. The van der Waals surface area contributed by atoms with Crippen molar-refractivity contribution in [2.24, 2.45) is 5.41 Å². The minimum absolute atomic E-state index is 0.0107. The molecule has 2 aliphatic heterocycles. The number of nitrogens with zero attached hydrogens (tertiary/aromatic N) is 2. The van der Waals surface area contributed by atoms with Crippen LogP contribution in [0.25, 0.3) is 0 Å². The van der Waals surface area contributed by atoms with Crippen LogP contribution in [-0.4, -0.2) is 66.7 Å². The minimum Gasteiger partial charge on any atom is -0.493 e. The summed E-state index contributed by atoms with van der Waals surface area (Å²) in [6.45, 7) is 10.5. The van der Waals surface area contributed by atoms with Crippen LogP contribution >= 0.6 is 0 Å². The average molecular weight is 522 g/mol. The summed E-state index contributed by atoms with van der Waals surface area (Å²) in [5.41, 5.74) is 1.09. The molecule has 2 amide bonds. The maximum Gasteiger partial charge on any atom is 0.410 e. The van der Waals surface area contributed by atoms with Crippen LogP contribution in [0.5, 0.6) is 5.75 Å². The van der Waals surface area contributed by atoms with E-state index < -0.39 is 5.60 Å². The second-order valence-electron chi connectivity index (χ2n) is 11.7. The summed E-state index contributed by atoms with van der Waals surface area (Å²) >= 11 is 0. The molecule has 0 bridgehead atoms. The third-order valence-corrected chi connectivity index (χ3v) is 7.46. The molecular weight excluding hydrogens is 478 g/mol. The third kappa shape index (κ3) is 7.73. The molecule has 2 aromatic carbocycles. The van der Waals surface area contributed by atoms with Crippen molar-refractivity contribution in [3.05, 3.63) is 65.7 Å². The molecule has 38 heavy (non-hydrogen) atoms. The Kier molecular flexibility index (Phi) is 9.31. The molecule has 0 saturated carbocycles. The van der Waals surface area contributed by atoms with Crippen molar-refractivity contribution < 1.29 is 19.1 Å². The SMILES string of the molecule is CC(C)(C)OC(=O)N1CCC2(CCNCCCCOc3ccccc3C(=O)N(Cc3ccccc3)C2)CC1. The molecule has 0 unspecified atom stereocenters. The van der Waals surface area contributed by atoms with Gasteiger partial charge >= 0.3 is 6.09 Å². The molecule has 1 spiro atoms. The van der Waals surface area contributed by atoms with E-state index in [9.17, 15) is 9.59 Å². The number of para-hydroxylation sites is 1. The fraction of sp³-hybridized carbons (Fsp3) is 0.548. The molecule has 0 atom stereocenters. The topological polar surface area (TPSA) is 71.1 Å². The first-order valence-corrected chi connectivity index (χ1v) is 14.0. The maximum atomic E-state index is 14.1. The Morgan fingerprint density at radius 3 is 2.42 bits per heavy atom. The number of carbonyl (C=O) groups is 2. The Balaban J connectivity index is 1.61. The van der Waals surface area contributed by atoms with E-state index >= 15 is 0 Å². The van der Waals surface area contributed by atoms with Crippen LogP contribution in [0, 0.1) is 5.41 Å². The fourth-order valence-electron chi connectivity index (χ4n) is 5.34. The highest BCUT2D eigenvalue weighted by Gasteiger charge is 2.39. The highest BCUT2D eigenvalue weighted by atomic mass is 16.6. The molecule has 2 aromatic rings. The lowest BCUT2D eigenvalue weighted by Crippen LogP contribution is -2.50. The number of amides is 2. The monoisotopic (exact) mass is 521 g/mol. The van der Waals surface area contributed by atoms with Gasteiger partial charge in [0.25, 0.3) is 5.91 Å². The molecule has 4 rings (SSSR count). The molecule has 206 valence electrons. The Bertz CT molecular complexity index is 1060. The molecule has 2 heterocycles. The van der Waals surface area contributed by atoms with Gasteiger partial charge in [-0.3, -0.25) is 4.79 Å². The van der Waals surface area contributed by atoms with Crippen molar-refractivity contribution in [2.45, 2.75) is 65.0 Å². The average Bonchev–Trinajstić information content (AvgIpc) is 2.89. The largest absolute Gasteiger partial charge is 0.493 e. The summed E-state index contributed by atoms with van der Waals surface area (Å²) in [4.78, 5) is 30.7. The zero-order chi connectivity index (χ0) is 27.0. The quantitative estimate of drug-likeness (QED) is 0.565. The van der Waals surface area contributed by atoms with Gasteiger partial charge in [0.1, 0.15) is 11.4 Å². The number of nitrogens with one attached hydrogen (secondary N) is 1. The molecule has 2 aliphatic rings. The van der Waals surface area contributed by atoms with E-state index in [0.717, 1.165) is 50.8 Å². The molecule has 1 fully saturated rings. The smallest absolute Gasteiger partial charge is 0.410 e. The van der Waals surface area contributed by atoms with Gasteiger partial charge in [-0.2, -0.15) is 0 Å². The van der Waals surface area contributed by atoms with Crippen molar-refractivity contribution in [2.75, 3.05) is 39.3 Å². The second-order valence-corrected chi connectivity index (χ2v) is 11.7. The zero-order valence-electron chi connectivity index (χ0n) is 23.2. The van der Waals surface area contributed by atoms with E-state index in [0.29, 0.717) is 44.1 Å². The van der Waals surface area contributed by atoms with Crippen LogP contribution in [0.1, 0.15) is 68.8 Å². The normalized spacial score (nSPS) is 19.3. The third-order valence-electron chi connectivity index (χ3n) is 7.46. The maximum absolute atomic E-state index is 14.1. The first-order valence-electron chi connectivity index (χ1n) is 14.0. The predicted octanol–water partition coefficient (Wildman–Crippen LogP) is 5.50. The van der Waals surface area contributed by atoms with E-state index in [2.05, 4.69) is 17.4 Å². The molecule has 7 heteroatoms. The molecule has 7 nitrogen and oxygen atoms in total. The van der Waals surface area contributed by atoms with Crippen LogP contribution in [0.2, 0.25) is 0 Å². The van der Waals surface area contributed by atoms with Gasteiger partial charge in [-0.1, -0.05) is 42.5 Å². The van der Waals surface area contributed by atoms with Gasteiger partial charge in [0.15, 0.2) is 0 Å². The fourth-order valence-corrected chi connectivity index (χ4v) is 5.34. The molecule has 1 N–H and O–H groups in total. The van der Waals surface area contributed by atoms with Gasteiger partial charge < -0.3 is 24.6 Å². The lowest BCUT2D eigenvalue weighted by atomic mass is 9.75. The Labute approximate surface area is 227 Å². The van der Waals surface area contributed by atoms with Crippen molar-refractivity contribution >= 4 is 12.0 Å². The lowest BCUT2D eigenvalue weighted by molar-refractivity contribution is 0.00226. The van der Waals surface area contributed by atoms with E-state index in [-0.39, 0.29) is 17.4 Å². The predicted molar refractivity (Wildman–Crippen MR) is 149 cm³/mol. The first kappa shape index (κ1) is 28.0. The first-order chi connectivity index (χ1) is 18.2. The van der Waals surface area contributed by atoms with Crippen LogP contribution < -0.4 is 10.1 Å². The summed E-state index contributed by atoms with van der Waals surface area (Å²) < 4.78 is 11.7. The molecule has 1 saturated heterocycles. The number of benzene rings is 2. The number of piperidine rings is 1. The standard InChI is InChI=1S/C31H43N3O4/c1-30(2,3)38-29(36)33-20-16-31(17-21-33)15-19-32-18-9-10-22-37-27-14-8-7-13-26(27)28(35)34(24-31)23-25-11-5-4-6-12-25/h4-8,11-14,32H,9-10,15-24H2,1-3H3. The summed E-state index contributed by atoms with van der Waals surface area (Å²) in [7, 11) is 0. The highest BCUT2D eigenvalue weighted by Crippen LogP contribution is 2.37. The van der Waals surface area contributed by atoms with Gasteiger partial charge in [-0.25, -0.2) is 4.79 Å². The van der Waals surface area contributed by atoms with Gasteiger partial charge in [0.05, 0.1) is 12.2 Å². The minimum atomic E-state index is -0.519. The Morgan fingerprint density at radius 2 is 1.68 bits per heavy atom. The van der Waals surface area contributed by atoms with E-state index in [1.807, 2.05) is 73.0 Å². The van der Waals surface area contributed by atoms with Gasteiger partial charge in [0, 0.05) is 26.2 Å². The number of hydrogen-bond acceptors (Lipinski definition) is 5. The van der Waals surface area contributed by atoms with Gasteiger partial charge in [-0.05, 0) is 89.1 Å². The number of likely N-dealkylation sites (tertiary alicyclic amines) is 1. The van der Waals surface area contributed by atoms with Crippen molar-refractivity contribution in [1.29, 1.82) is 0 Å². The highest BCUT2D eigenvalue weighted by molar-refractivity contribution is 5.97. The molecule has 0 aromatic heterocycles. The van der Waals surface area contributed by atoms with Gasteiger partial charge in [-0.15, -0.1) is 0 Å². The summed E-state index contributed by atoms with van der Waals surface area (Å²) in [6.07, 6.45) is 4.30. The van der Waals surface area contributed by atoms with Crippen molar-refractivity contribution in [1.82, 2.24) is 15.1 Å². The summed E-state index contributed by atoms with van der Waals surface area (Å²) in [5.74, 6) is 0.637.